The van der Waals surface area contributed by atoms with Crippen molar-refractivity contribution in [1.82, 2.24) is 20.1 Å². The minimum atomic E-state index is -0.172. The molecule has 0 aliphatic carbocycles. The first-order chi connectivity index (χ1) is 7.74. The van der Waals surface area contributed by atoms with Gasteiger partial charge in [-0.25, -0.2) is 4.98 Å². The van der Waals surface area contributed by atoms with Crippen LogP contribution in [0.2, 0.25) is 0 Å². The Hall–Kier alpha value is -2.18. The minimum Gasteiger partial charge on any atom is -0.369 e. The summed E-state index contributed by atoms with van der Waals surface area (Å²) in [6.07, 6.45) is 1.90. The number of hydrogen-bond donors (Lipinski definition) is 2. The van der Waals surface area contributed by atoms with E-state index in [1.54, 1.807) is 6.92 Å². The van der Waals surface area contributed by atoms with Gasteiger partial charge in [-0.3, -0.25) is 4.79 Å². The Morgan fingerprint density at radius 1 is 1.56 bits per heavy atom. The zero-order valence-electron chi connectivity index (χ0n) is 8.73. The van der Waals surface area contributed by atoms with Crippen LogP contribution >= 0.6 is 0 Å². The van der Waals surface area contributed by atoms with E-state index in [1.807, 2.05) is 0 Å². The Morgan fingerprint density at radius 2 is 2.44 bits per heavy atom. The van der Waals surface area contributed by atoms with Crippen molar-refractivity contribution in [1.29, 1.82) is 0 Å². The van der Waals surface area contributed by atoms with Gasteiger partial charge in [-0.15, -0.1) is 0 Å². The van der Waals surface area contributed by atoms with Gasteiger partial charge in [0.25, 0.3) is 5.56 Å². The maximum atomic E-state index is 11.1. The van der Waals surface area contributed by atoms with Crippen molar-refractivity contribution in [2.45, 2.75) is 13.3 Å². The molecule has 0 bridgehead atoms. The molecule has 2 heterocycles. The van der Waals surface area contributed by atoms with Crippen LogP contribution in [0.5, 0.6) is 0 Å². The average Bonchev–Trinajstić information content (AvgIpc) is 2.69. The van der Waals surface area contributed by atoms with E-state index < -0.39 is 0 Å². The third-order valence-electron chi connectivity index (χ3n) is 1.92. The van der Waals surface area contributed by atoms with Crippen LogP contribution in [0.1, 0.15) is 11.6 Å². The third-order valence-corrected chi connectivity index (χ3v) is 1.92. The molecule has 0 radical (unpaired) electrons. The smallest absolute Gasteiger partial charge is 0.252 e. The monoisotopic (exact) mass is 221 g/mol. The largest absolute Gasteiger partial charge is 0.369 e. The first-order valence-electron chi connectivity index (χ1n) is 4.81. The summed E-state index contributed by atoms with van der Waals surface area (Å²) in [5, 5.41) is 6.68. The van der Waals surface area contributed by atoms with Crippen LogP contribution < -0.4 is 10.9 Å². The summed E-state index contributed by atoms with van der Waals surface area (Å²) in [6.45, 7) is 2.32. The van der Waals surface area contributed by atoms with E-state index in [-0.39, 0.29) is 5.56 Å². The molecule has 7 heteroatoms. The average molecular weight is 221 g/mol. The van der Waals surface area contributed by atoms with Crippen molar-refractivity contribution in [3.8, 4) is 0 Å². The Morgan fingerprint density at radius 3 is 3.12 bits per heavy atom. The van der Waals surface area contributed by atoms with Gasteiger partial charge in [-0.05, 0) is 6.92 Å². The SMILES string of the molecule is Cc1nc(NCCc2ncon2)cc(=O)[nH]1. The van der Waals surface area contributed by atoms with Crippen molar-refractivity contribution >= 4 is 5.82 Å². The van der Waals surface area contributed by atoms with Crippen molar-refractivity contribution < 1.29 is 4.52 Å². The highest BCUT2D eigenvalue weighted by Crippen LogP contribution is 1.98. The molecule has 2 rings (SSSR count). The first kappa shape index (κ1) is 10.3. The van der Waals surface area contributed by atoms with Gasteiger partial charge in [0.1, 0.15) is 11.6 Å². The van der Waals surface area contributed by atoms with Gasteiger partial charge in [0.2, 0.25) is 6.39 Å². The third kappa shape index (κ3) is 2.66. The Kier molecular flexibility index (Phi) is 2.95. The number of nitrogens with one attached hydrogen (secondary N) is 2. The van der Waals surface area contributed by atoms with Crippen LogP contribution in [0.3, 0.4) is 0 Å². The molecule has 0 amide bonds. The molecule has 7 nitrogen and oxygen atoms in total. The molecular formula is C9H11N5O2. The number of aryl methyl sites for hydroxylation is 1. The molecule has 16 heavy (non-hydrogen) atoms. The number of nitrogens with zero attached hydrogens (tertiary/aromatic N) is 3. The highest BCUT2D eigenvalue weighted by atomic mass is 16.5. The van der Waals surface area contributed by atoms with Crippen LogP contribution in [-0.2, 0) is 6.42 Å². The van der Waals surface area contributed by atoms with Crippen molar-refractivity contribution in [2.24, 2.45) is 0 Å². The standard InChI is InChI=1S/C9H11N5O2/c1-6-12-8(4-9(15)13-6)10-3-2-7-11-5-16-14-7/h4-5H,2-3H2,1H3,(H2,10,12,13,15). The van der Waals surface area contributed by atoms with Crippen molar-refractivity contribution in [2.75, 3.05) is 11.9 Å². The molecule has 84 valence electrons. The Bertz CT molecular complexity index is 505. The molecular weight excluding hydrogens is 210 g/mol. The second-order valence-electron chi connectivity index (χ2n) is 3.24. The summed E-state index contributed by atoms with van der Waals surface area (Å²) in [5.41, 5.74) is -0.172. The number of anilines is 1. The fourth-order valence-electron chi connectivity index (χ4n) is 1.27. The van der Waals surface area contributed by atoms with Crippen LogP contribution in [0.25, 0.3) is 0 Å². The molecule has 2 aromatic heterocycles. The predicted octanol–water partition coefficient (Wildman–Crippen LogP) is 0.116. The van der Waals surface area contributed by atoms with Gasteiger partial charge in [-0.2, -0.15) is 4.98 Å². The summed E-state index contributed by atoms with van der Waals surface area (Å²) in [6, 6.07) is 1.41. The number of hydrogen-bond acceptors (Lipinski definition) is 6. The van der Waals surface area contributed by atoms with E-state index in [0.29, 0.717) is 30.4 Å². The lowest BCUT2D eigenvalue weighted by molar-refractivity contribution is 0.410. The normalized spacial score (nSPS) is 10.3. The highest BCUT2D eigenvalue weighted by molar-refractivity contribution is 5.32. The highest BCUT2D eigenvalue weighted by Gasteiger charge is 2.00. The summed E-state index contributed by atoms with van der Waals surface area (Å²) in [4.78, 5) is 21.7. The predicted molar refractivity (Wildman–Crippen MR) is 56.1 cm³/mol. The van der Waals surface area contributed by atoms with Gasteiger partial charge in [0.15, 0.2) is 5.82 Å². The fourth-order valence-corrected chi connectivity index (χ4v) is 1.27. The van der Waals surface area contributed by atoms with E-state index >= 15 is 0 Å². The van der Waals surface area contributed by atoms with Crippen molar-refractivity contribution in [3.05, 3.63) is 34.5 Å². The molecule has 0 unspecified atom stereocenters. The lowest BCUT2D eigenvalue weighted by atomic mass is 10.4. The maximum absolute atomic E-state index is 11.1. The van der Waals surface area contributed by atoms with E-state index in [4.69, 9.17) is 0 Å². The topological polar surface area (TPSA) is 96.7 Å². The summed E-state index contributed by atoms with van der Waals surface area (Å²) in [7, 11) is 0. The number of aromatic amines is 1. The second kappa shape index (κ2) is 4.56. The van der Waals surface area contributed by atoms with E-state index in [0.717, 1.165) is 0 Å². The summed E-state index contributed by atoms with van der Waals surface area (Å²) >= 11 is 0. The van der Waals surface area contributed by atoms with Gasteiger partial charge < -0.3 is 14.8 Å². The maximum Gasteiger partial charge on any atom is 0.252 e. The van der Waals surface area contributed by atoms with Gasteiger partial charge in [-0.1, -0.05) is 5.16 Å². The van der Waals surface area contributed by atoms with Crippen LogP contribution in [0.15, 0.2) is 21.8 Å². The lowest BCUT2D eigenvalue weighted by Gasteiger charge is -2.03. The molecule has 0 aliphatic heterocycles. The van der Waals surface area contributed by atoms with E-state index in [9.17, 15) is 4.79 Å². The number of rotatable bonds is 4. The molecule has 0 fully saturated rings. The summed E-state index contributed by atoms with van der Waals surface area (Å²) < 4.78 is 4.60. The quantitative estimate of drug-likeness (QED) is 0.760. The number of H-pyrrole nitrogens is 1. The van der Waals surface area contributed by atoms with Gasteiger partial charge in [0, 0.05) is 19.0 Å². The zero-order valence-corrected chi connectivity index (χ0v) is 8.73. The Labute approximate surface area is 90.9 Å². The Balaban J connectivity index is 1.92. The van der Waals surface area contributed by atoms with Gasteiger partial charge in [0.05, 0.1) is 0 Å². The molecule has 0 saturated carbocycles. The molecule has 0 spiro atoms. The van der Waals surface area contributed by atoms with Gasteiger partial charge >= 0.3 is 0 Å². The molecule has 0 aliphatic rings. The molecule has 2 N–H and O–H groups in total. The van der Waals surface area contributed by atoms with Crippen LogP contribution in [0.4, 0.5) is 5.82 Å². The minimum absolute atomic E-state index is 0.172. The molecule has 2 aromatic rings. The van der Waals surface area contributed by atoms with Crippen LogP contribution in [0, 0.1) is 6.92 Å². The van der Waals surface area contributed by atoms with Crippen molar-refractivity contribution in [3.63, 3.8) is 0 Å². The first-order valence-corrected chi connectivity index (χ1v) is 4.81. The van der Waals surface area contributed by atoms with E-state index in [1.165, 1.54) is 12.5 Å². The second-order valence-corrected chi connectivity index (χ2v) is 3.24. The molecule has 0 aromatic carbocycles. The molecule has 0 saturated heterocycles. The van der Waals surface area contributed by atoms with Crippen LogP contribution in [-0.4, -0.2) is 26.7 Å². The fraction of sp³-hybridized carbons (Fsp3) is 0.333. The number of aromatic nitrogens is 4. The zero-order chi connectivity index (χ0) is 11.4. The molecule has 0 atom stereocenters. The van der Waals surface area contributed by atoms with E-state index in [2.05, 4.69) is 29.9 Å². The summed E-state index contributed by atoms with van der Waals surface area (Å²) in [5.74, 6) is 1.74. The lowest BCUT2D eigenvalue weighted by Crippen LogP contribution is -2.13.